The van der Waals surface area contributed by atoms with E-state index in [4.69, 9.17) is 9.47 Å². The number of morpholine rings is 1. The molecule has 1 aliphatic rings. The highest BCUT2D eigenvalue weighted by atomic mass is 79.9. The molecule has 1 aliphatic heterocycles. The van der Waals surface area contributed by atoms with Crippen LogP contribution in [-0.2, 0) is 4.74 Å². The highest BCUT2D eigenvalue weighted by Crippen LogP contribution is 2.41. The zero-order valence-corrected chi connectivity index (χ0v) is 10.9. The lowest BCUT2D eigenvalue weighted by Crippen LogP contribution is -2.34. The second kappa shape index (κ2) is 5.20. The van der Waals surface area contributed by atoms with Crippen LogP contribution in [0, 0.1) is 5.82 Å². The Hall–Kier alpha value is -0.850. The summed E-state index contributed by atoms with van der Waals surface area (Å²) in [6.45, 7) is 1.78. The second-order valence-electron chi connectivity index (χ2n) is 3.70. The van der Waals surface area contributed by atoms with Crippen molar-refractivity contribution in [3.8, 4) is 11.5 Å². The minimum Gasteiger partial charge on any atom is -0.503 e. The summed E-state index contributed by atoms with van der Waals surface area (Å²) >= 11 is 3.18. The van der Waals surface area contributed by atoms with Crippen LogP contribution in [0.2, 0.25) is 0 Å². The van der Waals surface area contributed by atoms with Crippen molar-refractivity contribution in [2.24, 2.45) is 0 Å². The topological polar surface area (TPSA) is 50.7 Å². The molecule has 1 fully saturated rings. The molecule has 0 spiro atoms. The van der Waals surface area contributed by atoms with Gasteiger partial charge in [-0.1, -0.05) is 0 Å². The fourth-order valence-electron chi connectivity index (χ4n) is 1.80. The van der Waals surface area contributed by atoms with Gasteiger partial charge < -0.3 is 19.9 Å². The summed E-state index contributed by atoms with van der Waals surface area (Å²) in [6, 6.07) is 1.16. The van der Waals surface area contributed by atoms with E-state index in [-0.39, 0.29) is 16.0 Å². The maximum atomic E-state index is 13.9. The van der Waals surface area contributed by atoms with E-state index in [0.717, 1.165) is 12.6 Å². The van der Waals surface area contributed by atoms with Gasteiger partial charge in [0, 0.05) is 24.7 Å². The Morgan fingerprint density at radius 2 is 2.41 bits per heavy atom. The molecule has 1 heterocycles. The van der Waals surface area contributed by atoms with E-state index in [1.807, 2.05) is 0 Å². The fraction of sp³-hybridized carbons (Fsp3) is 0.455. The van der Waals surface area contributed by atoms with Crippen molar-refractivity contribution < 1.29 is 19.0 Å². The lowest BCUT2D eigenvalue weighted by atomic mass is 10.1. The number of hydrogen-bond donors (Lipinski definition) is 2. The summed E-state index contributed by atoms with van der Waals surface area (Å²) in [7, 11) is 1.37. The normalized spacial score (nSPS) is 20.3. The molecule has 1 saturated heterocycles. The van der Waals surface area contributed by atoms with Crippen molar-refractivity contribution in [2.75, 3.05) is 26.8 Å². The number of aromatic hydroxyl groups is 1. The monoisotopic (exact) mass is 305 g/mol. The van der Waals surface area contributed by atoms with Crippen LogP contribution in [-0.4, -0.2) is 31.9 Å². The molecule has 1 aromatic carbocycles. The molecule has 0 amide bonds. The van der Waals surface area contributed by atoms with Gasteiger partial charge in [-0.15, -0.1) is 0 Å². The Balaban J connectivity index is 2.42. The summed E-state index contributed by atoms with van der Waals surface area (Å²) in [5.74, 6) is -0.472. The number of nitrogens with one attached hydrogen (secondary N) is 1. The van der Waals surface area contributed by atoms with E-state index in [1.54, 1.807) is 0 Å². The van der Waals surface area contributed by atoms with E-state index >= 15 is 0 Å². The average Bonchev–Trinajstić information content (AvgIpc) is 2.35. The zero-order chi connectivity index (χ0) is 12.4. The Morgan fingerprint density at radius 1 is 1.65 bits per heavy atom. The molecule has 2 rings (SSSR count). The molecular weight excluding hydrogens is 293 g/mol. The van der Waals surface area contributed by atoms with Crippen LogP contribution in [0.3, 0.4) is 0 Å². The summed E-state index contributed by atoms with van der Waals surface area (Å²) in [4.78, 5) is 0. The van der Waals surface area contributed by atoms with Crippen LogP contribution < -0.4 is 10.1 Å². The Labute approximate surface area is 107 Å². The number of hydrogen-bond acceptors (Lipinski definition) is 4. The third-order valence-electron chi connectivity index (χ3n) is 2.66. The SMILES string of the molecule is COc1cc(F)c(C2CNCCO2)c(Br)c1O. The van der Waals surface area contributed by atoms with Crippen LogP contribution in [0.15, 0.2) is 10.5 Å². The van der Waals surface area contributed by atoms with Crippen molar-refractivity contribution in [1.82, 2.24) is 5.32 Å². The smallest absolute Gasteiger partial charge is 0.172 e. The fourth-order valence-corrected chi connectivity index (χ4v) is 2.44. The Kier molecular flexibility index (Phi) is 3.86. The molecule has 0 saturated carbocycles. The summed E-state index contributed by atoms with van der Waals surface area (Å²) < 4.78 is 24.6. The molecule has 0 radical (unpaired) electrons. The van der Waals surface area contributed by atoms with Gasteiger partial charge >= 0.3 is 0 Å². The first-order valence-electron chi connectivity index (χ1n) is 5.22. The van der Waals surface area contributed by atoms with Gasteiger partial charge in [0.25, 0.3) is 0 Å². The zero-order valence-electron chi connectivity index (χ0n) is 9.30. The third kappa shape index (κ3) is 2.38. The van der Waals surface area contributed by atoms with Crippen LogP contribution in [0.4, 0.5) is 4.39 Å². The summed E-state index contributed by atoms with van der Waals surface area (Å²) in [6.07, 6.45) is -0.407. The summed E-state index contributed by atoms with van der Waals surface area (Å²) in [5.41, 5.74) is 0.315. The average molecular weight is 306 g/mol. The minimum absolute atomic E-state index is 0.0990. The number of halogens is 2. The molecule has 1 atom stereocenters. The lowest BCUT2D eigenvalue weighted by molar-refractivity contribution is 0.0248. The Bertz CT molecular complexity index is 422. The van der Waals surface area contributed by atoms with Gasteiger partial charge in [-0.05, 0) is 15.9 Å². The minimum atomic E-state index is -0.458. The van der Waals surface area contributed by atoms with E-state index < -0.39 is 11.9 Å². The van der Waals surface area contributed by atoms with Gasteiger partial charge in [0.1, 0.15) is 5.82 Å². The molecule has 0 aromatic heterocycles. The number of rotatable bonds is 2. The first kappa shape index (κ1) is 12.6. The van der Waals surface area contributed by atoms with Crippen molar-refractivity contribution >= 4 is 15.9 Å². The van der Waals surface area contributed by atoms with Crippen molar-refractivity contribution in [2.45, 2.75) is 6.10 Å². The molecule has 94 valence electrons. The highest BCUT2D eigenvalue weighted by Gasteiger charge is 2.25. The quantitative estimate of drug-likeness (QED) is 0.877. The maximum Gasteiger partial charge on any atom is 0.172 e. The molecule has 17 heavy (non-hydrogen) atoms. The predicted molar refractivity (Wildman–Crippen MR) is 63.9 cm³/mol. The van der Waals surface area contributed by atoms with E-state index in [1.165, 1.54) is 7.11 Å². The molecular formula is C11H13BrFNO3. The number of phenols is 1. The lowest BCUT2D eigenvalue weighted by Gasteiger charge is -2.25. The largest absolute Gasteiger partial charge is 0.503 e. The van der Waals surface area contributed by atoms with Crippen LogP contribution in [0.5, 0.6) is 11.5 Å². The van der Waals surface area contributed by atoms with E-state index in [9.17, 15) is 9.50 Å². The number of ether oxygens (including phenoxy) is 2. The van der Waals surface area contributed by atoms with Gasteiger partial charge in [0.05, 0.1) is 24.3 Å². The van der Waals surface area contributed by atoms with Crippen LogP contribution in [0.25, 0.3) is 0 Å². The molecule has 4 nitrogen and oxygen atoms in total. The molecule has 0 bridgehead atoms. The predicted octanol–water partition coefficient (Wildman–Crippen LogP) is 1.96. The number of benzene rings is 1. The van der Waals surface area contributed by atoms with Gasteiger partial charge in [-0.2, -0.15) is 0 Å². The van der Waals surface area contributed by atoms with Crippen molar-refractivity contribution in [3.05, 3.63) is 21.9 Å². The first-order chi connectivity index (χ1) is 8.15. The van der Waals surface area contributed by atoms with Crippen LogP contribution >= 0.6 is 15.9 Å². The Morgan fingerprint density at radius 3 is 3.00 bits per heavy atom. The standard InChI is InChI=1S/C11H13BrFNO3/c1-16-7-4-6(13)9(10(12)11(7)15)8-5-14-2-3-17-8/h4,8,14-15H,2-3,5H2,1H3. The van der Waals surface area contributed by atoms with E-state index in [0.29, 0.717) is 18.7 Å². The second-order valence-corrected chi connectivity index (χ2v) is 4.49. The molecule has 1 aromatic rings. The molecule has 1 unspecified atom stereocenters. The molecule has 2 N–H and O–H groups in total. The molecule has 0 aliphatic carbocycles. The van der Waals surface area contributed by atoms with E-state index in [2.05, 4.69) is 21.2 Å². The maximum absolute atomic E-state index is 13.9. The summed E-state index contributed by atoms with van der Waals surface area (Å²) in [5, 5.41) is 12.9. The van der Waals surface area contributed by atoms with Gasteiger partial charge in [-0.3, -0.25) is 0 Å². The van der Waals surface area contributed by atoms with Crippen molar-refractivity contribution in [1.29, 1.82) is 0 Å². The number of methoxy groups -OCH3 is 1. The molecule has 6 heteroatoms. The van der Waals surface area contributed by atoms with Gasteiger partial charge in [0.15, 0.2) is 11.5 Å². The van der Waals surface area contributed by atoms with Gasteiger partial charge in [0.2, 0.25) is 0 Å². The third-order valence-corrected chi connectivity index (χ3v) is 3.47. The number of phenolic OH excluding ortho intramolecular Hbond substituents is 1. The van der Waals surface area contributed by atoms with Crippen molar-refractivity contribution in [3.63, 3.8) is 0 Å². The first-order valence-corrected chi connectivity index (χ1v) is 6.01. The highest BCUT2D eigenvalue weighted by molar-refractivity contribution is 9.10. The van der Waals surface area contributed by atoms with Gasteiger partial charge in [-0.25, -0.2) is 4.39 Å². The van der Waals surface area contributed by atoms with Crippen LogP contribution in [0.1, 0.15) is 11.7 Å².